The third-order valence-corrected chi connectivity index (χ3v) is 4.76. The Hall–Kier alpha value is -3.75. The molecular weight excluding hydrogens is 390 g/mol. The van der Waals surface area contributed by atoms with E-state index in [0.717, 1.165) is 17.7 Å². The summed E-state index contributed by atoms with van der Waals surface area (Å²) in [5, 5.41) is 13.2. The normalized spacial score (nSPS) is 13.3. The van der Waals surface area contributed by atoms with Gasteiger partial charge in [-0.15, -0.1) is 0 Å². The number of rotatable bonds is 7. The molecule has 0 spiro atoms. The molecule has 30 heavy (non-hydrogen) atoms. The van der Waals surface area contributed by atoms with Gasteiger partial charge in [0.15, 0.2) is 6.10 Å². The molecule has 156 valence electrons. The highest BCUT2D eigenvalue weighted by molar-refractivity contribution is 5.99. The molecular formula is C21H21N3O6. The Bertz CT molecular complexity index is 973. The van der Waals surface area contributed by atoms with Crippen molar-refractivity contribution < 1.29 is 24.0 Å². The number of nitro groups is 1. The molecule has 0 radical (unpaired) electrons. The lowest BCUT2D eigenvalue weighted by Gasteiger charge is -2.21. The van der Waals surface area contributed by atoms with Crippen LogP contribution in [0.5, 0.6) is 0 Å². The molecule has 1 aliphatic heterocycles. The van der Waals surface area contributed by atoms with Crippen molar-refractivity contribution in [2.24, 2.45) is 0 Å². The van der Waals surface area contributed by atoms with E-state index in [9.17, 15) is 24.5 Å². The average molecular weight is 411 g/mol. The summed E-state index contributed by atoms with van der Waals surface area (Å²) in [6.07, 6.45) is -0.279. The van der Waals surface area contributed by atoms with E-state index in [4.69, 9.17) is 4.74 Å². The topological polar surface area (TPSA) is 119 Å². The standard InChI is InChI=1S/C21H21N3O6/c1-14(21(27)23-13-11-15-4-2-3-5-18(15)23)30-19(25)10-12-22-20(26)16-6-8-17(9-7-16)24(28)29/h2-9,14H,10-13H2,1H3,(H,22,26)/t14-/m0/s1. The molecule has 3 rings (SSSR count). The monoisotopic (exact) mass is 411 g/mol. The predicted molar refractivity (Wildman–Crippen MR) is 108 cm³/mol. The SMILES string of the molecule is C[C@H](OC(=O)CCNC(=O)c1ccc([N+](=O)[O-])cc1)C(=O)N1CCc2ccccc21. The Morgan fingerprint density at radius 1 is 1.17 bits per heavy atom. The van der Waals surface area contributed by atoms with Crippen molar-refractivity contribution in [3.63, 3.8) is 0 Å². The van der Waals surface area contributed by atoms with Gasteiger partial charge in [-0.25, -0.2) is 0 Å². The second kappa shape index (κ2) is 9.17. The molecule has 0 fully saturated rings. The van der Waals surface area contributed by atoms with Crippen LogP contribution < -0.4 is 10.2 Å². The van der Waals surface area contributed by atoms with E-state index in [1.807, 2.05) is 24.3 Å². The number of fused-ring (bicyclic) bond motifs is 1. The number of ether oxygens (including phenoxy) is 1. The smallest absolute Gasteiger partial charge is 0.308 e. The highest BCUT2D eigenvalue weighted by Crippen LogP contribution is 2.28. The second-order valence-electron chi connectivity index (χ2n) is 6.81. The van der Waals surface area contributed by atoms with Gasteiger partial charge in [-0.1, -0.05) is 18.2 Å². The van der Waals surface area contributed by atoms with Crippen LogP contribution in [0.4, 0.5) is 11.4 Å². The highest BCUT2D eigenvalue weighted by Gasteiger charge is 2.29. The number of hydrogen-bond donors (Lipinski definition) is 1. The number of nitro benzene ring substituents is 1. The van der Waals surface area contributed by atoms with Crippen LogP contribution in [0.1, 0.15) is 29.3 Å². The summed E-state index contributed by atoms with van der Waals surface area (Å²) in [6, 6.07) is 12.7. The Labute approximate surface area is 172 Å². The minimum absolute atomic E-state index is 0.0160. The van der Waals surface area contributed by atoms with Gasteiger partial charge in [0, 0.05) is 36.5 Å². The molecule has 9 nitrogen and oxygen atoms in total. The van der Waals surface area contributed by atoms with E-state index in [0.29, 0.717) is 6.54 Å². The number of carbonyl (C=O) groups excluding carboxylic acids is 3. The van der Waals surface area contributed by atoms with Gasteiger partial charge in [0.2, 0.25) is 0 Å². The zero-order valence-electron chi connectivity index (χ0n) is 16.4. The Balaban J connectivity index is 1.44. The van der Waals surface area contributed by atoms with Gasteiger partial charge in [-0.2, -0.15) is 0 Å². The molecule has 1 heterocycles. The molecule has 1 atom stereocenters. The van der Waals surface area contributed by atoms with Crippen LogP contribution in [0.2, 0.25) is 0 Å². The summed E-state index contributed by atoms with van der Waals surface area (Å²) in [4.78, 5) is 48.4. The maximum absolute atomic E-state index is 12.6. The van der Waals surface area contributed by atoms with Gasteiger partial charge in [0.25, 0.3) is 17.5 Å². The van der Waals surface area contributed by atoms with E-state index in [1.165, 1.54) is 31.2 Å². The van der Waals surface area contributed by atoms with Crippen LogP contribution in [-0.4, -0.2) is 41.9 Å². The van der Waals surface area contributed by atoms with Crippen LogP contribution in [0.25, 0.3) is 0 Å². The summed E-state index contributed by atoms with van der Waals surface area (Å²) in [7, 11) is 0. The first-order chi connectivity index (χ1) is 14.4. The Morgan fingerprint density at radius 2 is 1.87 bits per heavy atom. The number of carbonyl (C=O) groups is 3. The molecule has 2 amide bonds. The van der Waals surface area contributed by atoms with Crippen LogP contribution in [0.3, 0.4) is 0 Å². The molecule has 0 saturated heterocycles. The van der Waals surface area contributed by atoms with Crippen molar-refractivity contribution >= 4 is 29.2 Å². The lowest BCUT2D eigenvalue weighted by atomic mass is 10.2. The van der Waals surface area contributed by atoms with Gasteiger partial charge < -0.3 is 15.0 Å². The minimum Gasteiger partial charge on any atom is -0.452 e. The fourth-order valence-corrected chi connectivity index (χ4v) is 3.21. The first-order valence-corrected chi connectivity index (χ1v) is 9.48. The first kappa shape index (κ1) is 21.0. The summed E-state index contributed by atoms with van der Waals surface area (Å²) >= 11 is 0. The molecule has 0 aromatic heterocycles. The highest BCUT2D eigenvalue weighted by atomic mass is 16.6. The van der Waals surface area contributed by atoms with Crippen LogP contribution in [-0.2, 0) is 20.7 Å². The Morgan fingerprint density at radius 3 is 2.57 bits per heavy atom. The third-order valence-electron chi connectivity index (χ3n) is 4.76. The molecule has 2 aromatic rings. The van der Waals surface area contributed by atoms with Gasteiger partial charge in [0.05, 0.1) is 11.3 Å². The molecule has 1 aliphatic rings. The van der Waals surface area contributed by atoms with Crippen LogP contribution in [0, 0.1) is 10.1 Å². The maximum Gasteiger partial charge on any atom is 0.308 e. The summed E-state index contributed by atoms with van der Waals surface area (Å²) < 4.78 is 5.21. The fourth-order valence-electron chi connectivity index (χ4n) is 3.21. The molecule has 9 heteroatoms. The van der Waals surface area contributed by atoms with E-state index in [1.54, 1.807) is 4.90 Å². The van der Waals surface area contributed by atoms with Crippen molar-refractivity contribution in [1.82, 2.24) is 5.32 Å². The number of nitrogens with one attached hydrogen (secondary N) is 1. The van der Waals surface area contributed by atoms with Gasteiger partial charge in [-0.3, -0.25) is 24.5 Å². The summed E-state index contributed by atoms with van der Waals surface area (Å²) in [5.74, 6) is -1.36. The maximum atomic E-state index is 12.6. The molecule has 1 N–H and O–H groups in total. The number of benzene rings is 2. The van der Waals surface area contributed by atoms with Crippen molar-refractivity contribution in [1.29, 1.82) is 0 Å². The number of para-hydroxylation sites is 1. The lowest BCUT2D eigenvalue weighted by molar-refractivity contribution is -0.384. The zero-order chi connectivity index (χ0) is 21.7. The summed E-state index contributed by atoms with van der Waals surface area (Å²) in [5.41, 5.74) is 2.04. The quantitative estimate of drug-likeness (QED) is 0.424. The third kappa shape index (κ3) is 4.80. The van der Waals surface area contributed by atoms with Gasteiger partial charge in [0.1, 0.15) is 0 Å². The zero-order valence-corrected chi connectivity index (χ0v) is 16.4. The van der Waals surface area contributed by atoms with Crippen molar-refractivity contribution in [2.75, 3.05) is 18.0 Å². The summed E-state index contributed by atoms with van der Waals surface area (Å²) in [6.45, 7) is 2.09. The lowest BCUT2D eigenvalue weighted by Crippen LogP contribution is -2.39. The van der Waals surface area contributed by atoms with E-state index < -0.39 is 22.9 Å². The van der Waals surface area contributed by atoms with Crippen LogP contribution in [0.15, 0.2) is 48.5 Å². The van der Waals surface area contributed by atoms with Gasteiger partial charge >= 0.3 is 5.97 Å². The van der Waals surface area contributed by atoms with E-state index in [2.05, 4.69) is 5.32 Å². The Kier molecular flexibility index (Phi) is 6.41. The van der Waals surface area contributed by atoms with Crippen molar-refractivity contribution in [3.8, 4) is 0 Å². The number of esters is 1. The molecule has 0 saturated carbocycles. The average Bonchev–Trinajstić information content (AvgIpc) is 3.17. The number of anilines is 1. The largest absolute Gasteiger partial charge is 0.452 e. The van der Waals surface area contributed by atoms with E-state index >= 15 is 0 Å². The predicted octanol–water partition coefficient (Wildman–Crippen LogP) is 2.24. The number of nitrogens with zero attached hydrogens (tertiary/aromatic N) is 2. The molecule has 0 bridgehead atoms. The van der Waals surface area contributed by atoms with Crippen molar-refractivity contribution in [2.45, 2.75) is 25.9 Å². The second-order valence-corrected chi connectivity index (χ2v) is 6.81. The first-order valence-electron chi connectivity index (χ1n) is 9.48. The fraction of sp³-hybridized carbons (Fsp3) is 0.286. The number of hydrogen-bond acceptors (Lipinski definition) is 6. The van der Waals surface area contributed by atoms with Crippen LogP contribution >= 0.6 is 0 Å². The van der Waals surface area contributed by atoms with Gasteiger partial charge in [-0.05, 0) is 37.1 Å². The molecule has 0 aliphatic carbocycles. The molecule has 0 unspecified atom stereocenters. The van der Waals surface area contributed by atoms with Crippen molar-refractivity contribution in [3.05, 3.63) is 69.8 Å². The number of amides is 2. The molecule has 2 aromatic carbocycles. The van der Waals surface area contributed by atoms with E-state index in [-0.39, 0.29) is 30.1 Å². The minimum atomic E-state index is -0.936. The number of non-ortho nitro benzene ring substituents is 1.